The molecule has 2 fully saturated rings. The van der Waals surface area contributed by atoms with Crippen molar-refractivity contribution in [2.75, 3.05) is 41.4 Å². The number of carbonyl (C=O) groups is 2. The lowest BCUT2D eigenvalue weighted by atomic mass is 9.91. The molecule has 2 aromatic heterocycles. The highest BCUT2D eigenvalue weighted by Gasteiger charge is 2.28. The second-order valence-electron chi connectivity index (χ2n) is 10.3. The molecular formula is C35H57N7O5. The van der Waals surface area contributed by atoms with Gasteiger partial charge in [0.1, 0.15) is 11.7 Å². The molecule has 1 amide bonds. The number of likely N-dealkylation sites (tertiary alicyclic amines) is 1. The molecule has 0 bridgehead atoms. The van der Waals surface area contributed by atoms with Crippen molar-refractivity contribution < 1.29 is 23.8 Å². The first-order valence-electron chi connectivity index (χ1n) is 16.4. The largest absolute Gasteiger partial charge is 0.494 e. The third-order valence-corrected chi connectivity index (χ3v) is 7.70. The smallest absolute Gasteiger partial charge is 0.341 e. The van der Waals surface area contributed by atoms with E-state index in [1.165, 1.54) is 57.0 Å². The van der Waals surface area contributed by atoms with E-state index in [1.807, 2.05) is 39.8 Å². The van der Waals surface area contributed by atoms with Gasteiger partial charge in [-0.3, -0.25) is 4.79 Å². The molecule has 47 heavy (non-hydrogen) atoms. The Balaban J connectivity index is 0.000000622. The lowest BCUT2D eigenvalue weighted by Crippen LogP contribution is -2.47. The Kier molecular flexibility index (Phi) is 19.6. The molecule has 12 heteroatoms. The van der Waals surface area contributed by atoms with Crippen molar-refractivity contribution in [3.05, 3.63) is 60.0 Å². The van der Waals surface area contributed by atoms with Crippen LogP contribution in [-0.4, -0.2) is 96.3 Å². The Labute approximate surface area is 281 Å². The summed E-state index contributed by atoms with van der Waals surface area (Å²) in [4.78, 5) is 32.7. The average Bonchev–Trinajstić information content (AvgIpc) is 3.68. The molecule has 1 aliphatic heterocycles. The number of ether oxygens (including phenoxy) is 3. The van der Waals surface area contributed by atoms with Gasteiger partial charge in [0.25, 0.3) is 5.91 Å². The Morgan fingerprint density at radius 3 is 2.06 bits per heavy atom. The number of hydrogen-bond acceptors (Lipinski definition) is 10. The van der Waals surface area contributed by atoms with Gasteiger partial charge in [-0.2, -0.15) is 15.0 Å². The van der Waals surface area contributed by atoms with Crippen LogP contribution in [0, 0.1) is 0 Å². The molecule has 2 N–H and O–H groups in total. The summed E-state index contributed by atoms with van der Waals surface area (Å²) in [6.45, 7) is 9.00. The van der Waals surface area contributed by atoms with Crippen molar-refractivity contribution in [3.8, 4) is 17.3 Å². The number of piperidine rings is 1. The van der Waals surface area contributed by atoms with Crippen molar-refractivity contribution in [3.63, 3.8) is 0 Å². The molecule has 1 saturated carbocycles. The lowest BCUT2D eigenvalue weighted by molar-refractivity contribution is 0.0526. The zero-order valence-corrected chi connectivity index (χ0v) is 28.8. The summed E-state index contributed by atoms with van der Waals surface area (Å²) in [6, 6.07) is 10.1. The fourth-order valence-corrected chi connectivity index (χ4v) is 5.47. The number of likely N-dealkylation sites (N-methyl/N-ethyl adjacent to an activating group) is 2. The number of pyridine rings is 1. The van der Waals surface area contributed by atoms with Gasteiger partial charge >= 0.3 is 5.97 Å². The van der Waals surface area contributed by atoms with Crippen LogP contribution in [0.15, 0.2) is 48.9 Å². The van der Waals surface area contributed by atoms with E-state index in [0.29, 0.717) is 42.2 Å². The van der Waals surface area contributed by atoms with Crippen molar-refractivity contribution in [2.45, 2.75) is 91.8 Å². The molecule has 2 unspecified atom stereocenters. The maximum atomic E-state index is 13.3. The van der Waals surface area contributed by atoms with Crippen LogP contribution in [0.4, 0.5) is 0 Å². The molecule has 262 valence electrons. The molecule has 2 aliphatic rings. The van der Waals surface area contributed by atoms with Crippen molar-refractivity contribution in [1.82, 2.24) is 35.5 Å². The summed E-state index contributed by atoms with van der Waals surface area (Å²) in [7, 11) is 6.86. The summed E-state index contributed by atoms with van der Waals surface area (Å²) >= 11 is 0. The van der Waals surface area contributed by atoms with E-state index in [-0.39, 0.29) is 30.9 Å². The minimum absolute atomic E-state index is 0. The molecule has 12 nitrogen and oxygen atoms in total. The van der Waals surface area contributed by atoms with Gasteiger partial charge in [0, 0.05) is 24.7 Å². The minimum Gasteiger partial charge on any atom is -0.494 e. The molecule has 1 saturated heterocycles. The summed E-state index contributed by atoms with van der Waals surface area (Å²) in [6.07, 6.45) is 11.3. The number of para-hydroxylation sites is 1. The number of benzene rings is 1. The first kappa shape index (κ1) is 41.0. The second kappa shape index (κ2) is 22.5. The topological polar surface area (TPSA) is 133 Å². The number of aromatic nitrogens is 4. The highest BCUT2D eigenvalue weighted by molar-refractivity contribution is 5.97. The Morgan fingerprint density at radius 2 is 1.49 bits per heavy atom. The number of methoxy groups -OCH3 is 2. The number of nitrogens with zero attached hydrogens (tertiary/aromatic N) is 5. The van der Waals surface area contributed by atoms with Crippen molar-refractivity contribution in [2.24, 2.45) is 0 Å². The molecule has 5 rings (SSSR count). The minimum atomic E-state index is -0.543. The molecular weight excluding hydrogens is 598 g/mol. The highest BCUT2D eigenvalue weighted by atomic mass is 16.5. The highest BCUT2D eigenvalue weighted by Crippen LogP contribution is 2.25. The standard InChI is InChI=1S/C22H23N5O5.C8H18N2.2C2H6.CH4/c1-30-19-13-23-20(12-17(19)22(29)31-2)32-15-6-5-11-26(14-15)21(28)16-7-3-4-8-18(16)27-24-9-10-25-27;1-9-7-5-3-4-6-8(7)10-2;2*1-2;/h3-4,7-10,12-13,15H,5-6,11,14H2,1-2H3;7-10H,3-6H2,1-2H3;2*1-2H3;1H4/t15-;;;;/m1..../s1. The number of esters is 1. The summed E-state index contributed by atoms with van der Waals surface area (Å²) in [5, 5.41) is 15.0. The number of rotatable bonds is 8. The maximum Gasteiger partial charge on any atom is 0.341 e. The third kappa shape index (κ3) is 11.6. The maximum absolute atomic E-state index is 13.3. The van der Waals surface area contributed by atoms with Gasteiger partial charge in [0.2, 0.25) is 5.88 Å². The molecule has 0 spiro atoms. The van der Waals surface area contributed by atoms with Gasteiger partial charge in [0.15, 0.2) is 5.75 Å². The number of hydrogen-bond donors (Lipinski definition) is 2. The quantitative estimate of drug-likeness (QED) is 0.297. The fraction of sp³-hybridized carbons (Fsp3) is 0.571. The summed E-state index contributed by atoms with van der Waals surface area (Å²) in [5.41, 5.74) is 1.36. The van der Waals surface area contributed by atoms with Crippen LogP contribution in [0.2, 0.25) is 0 Å². The molecule has 1 aliphatic carbocycles. The lowest BCUT2D eigenvalue weighted by Gasteiger charge is -2.33. The number of nitrogens with one attached hydrogen (secondary N) is 2. The zero-order chi connectivity index (χ0) is 33.9. The van der Waals surface area contributed by atoms with Gasteiger partial charge in [-0.1, -0.05) is 60.1 Å². The monoisotopic (exact) mass is 655 g/mol. The van der Waals surface area contributed by atoms with E-state index in [1.54, 1.807) is 29.4 Å². The number of carbonyl (C=O) groups excluding carboxylic acids is 2. The van der Waals surface area contributed by atoms with E-state index in [0.717, 1.165) is 12.8 Å². The predicted molar refractivity (Wildman–Crippen MR) is 187 cm³/mol. The molecule has 3 atom stereocenters. The Hall–Kier alpha value is -4.03. The van der Waals surface area contributed by atoms with E-state index in [2.05, 4.69) is 39.9 Å². The fourth-order valence-electron chi connectivity index (χ4n) is 5.47. The SMILES string of the molecule is C.CC.CC.CNC1CCCCC1NC.COC(=O)c1cc(O[C@@H]2CCCN(C(=O)c3ccccc3-n3nccn3)C2)ncc1OC. The van der Waals surface area contributed by atoms with E-state index < -0.39 is 5.97 Å². The van der Waals surface area contributed by atoms with Crippen LogP contribution < -0.4 is 20.1 Å². The van der Waals surface area contributed by atoms with Crippen LogP contribution in [0.5, 0.6) is 11.6 Å². The molecule has 1 aromatic carbocycles. The van der Waals surface area contributed by atoms with Gasteiger partial charge in [-0.25, -0.2) is 9.78 Å². The van der Waals surface area contributed by atoms with E-state index >= 15 is 0 Å². The van der Waals surface area contributed by atoms with Gasteiger partial charge < -0.3 is 29.7 Å². The van der Waals surface area contributed by atoms with E-state index in [4.69, 9.17) is 14.2 Å². The first-order chi connectivity index (χ1) is 22.5. The number of amides is 1. The molecule has 0 radical (unpaired) electrons. The average molecular weight is 656 g/mol. The predicted octanol–water partition coefficient (Wildman–Crippen LogP) is 5.57. The van der Waals surface area contributed by atoms with Gasteiger partial charge in [0.05, 0.1) is 50.6 Å². The van der Waals surface area contributed by atoms with Gasteiger partial charge in [-0.05, 0) is 51.9 Å². The zero-order valence-electron chi connectivity index (χ0n) is 28.8. The Bertz CT molecular complexity index is 1290. The van der Waals surface area contributed by atoms with Crippen LogP contribution in [0.3, 0.4) is 0 Å². The van der Waals surface area contributed by atoms with Crippen molar-refractivity contribution in [1.29, 1.82) is 0 Å². The van der Waals surface area contributed by atoms with Crippen LogP contribution in [-0.2, 0) is 4.74 Å². The van der Waals surface area contributed by atoms with Crippen molar-refractivity contribution >= 4 is 11.9 Å². The Morgan fingerprint density at radius 1 is 0.872 bits per heavy atom. The molecule has 3 heterocycles. The second-order valence-corrected chi connectivity index (χ2v) is 10.3. The third-order valence-electron chi connectivity index (χ3n) is 7.70. The van der Waals surface area contributed by atoms with Crippen LogP contribution >= 0.6 is 0 Å². The van der Waals surface area contributed by atoms with E-state index in [9.17, 15) is 9.59 Å². The van der Waals surface area contributed by atoms with Gasteiger partial charge in [-0.15, -0.1) is 0 Å². The van der Waals surface area contributed by atoms with Crippen LogP contribution in [0.25, 0.3) is 5.69 Å². The normalized spacial score (nSPS) is 18.3. The van der Waals surface area contributed by atoms with Crippen LogP contribution in [0.1, 0.15) is 94.4 Å². The first-order valence-corrected chi connectivity index (χ1v) is 16.4. The summed E-state index contributed by atoms with van der Waals surface area (Å²) < 4.78 is 16.0. The molecule has 3 aromatic rings. The summed E-state index contributed by atoms with van der Waals surface area (Å²) in [5.74, 6) is -0.0948.